The topological polar surface area (TPSA) is 66.1 Å². The van der Waals surface area contributed by atoms with Crippen LogP contribution in [-0.4, -0.2) is 27.8 Å². The summed E-state index contributed by atoms with van der Waals surface area (Å²) in [5, 5.41) is 1.85. The van der Waals surface area contributed by atoms with Gasteiger partial charge in [-0.3, -0.25) is 9.59 Å². The number of rotatable bonds is 4. The van der Waals surface area contributed by atoms with Crippen LogP contribution in [0.3, 0.4) is 0 Å². The highest BCUT2D eigenvalue weighted by Crippen LogP contribution is 2.21. The molecule has 0 aromatic carbocycles. The Hall–Kier alpha value is -1.95. The summed E-state index contributed by atoms with van der Waals surface area (Å²) < 4.78 is 0.629. The van der Waals surface area contributed by atoms with E-state index in [1.807, 2.05) is 11.4 Å². The molecule has 21 heavy (non-hydrogen) atoms. The van der Waals surface area contributed by atoms with Crippen molar-refractivity contribution in [1.82, 2.24) is 14.9 Å². The van der Waals surface area contributed by atoms with Crippen LogP contribution in [0.1, 0.15) is 25.1 Å². The Balaban J connectivity index is 1.70. The minimum Gasteiger partial charge on any atom is -0.338 e. The SMILES string of the molecule is CN(Cc1nc2ccsc2c(=O)[nH]1)C(=O)C[C@H]1C=CCC1. The number of fused-ring (bicyclic) bond motifs is 1. The highest BCUT2D eigenvalue weighted by Gasteiger charge is 2.18. The molecule has 0 aliphatic heterocycles. The molecule has 2 aromatic rings. The van der Waals surface area contributed by atoms with Crippen LogP contribution in [0.15, 0.2) is 28.4 Å². The van der Waals surface area contributed by atoms with Crippen molar-refractivity contribution in [2.75, 3.05) is 7.05 Å². The van der Waals surface area contributed by atoms with Gasteiger partial charge in [-0.1, -0.05) is 12.2 Å². The lowest BCUT2D eigenvalue weighted by Crippen LogP contribution is -2.29. The molecule has 0 spiro atoms. The average molecular weight is 303 g/mol. The third-order valence-electron chi connectivity index (χ3n) is 3.73. The number of aromatic nitrogens is 2. The second-order valence-electron chi connectivity index (χ2n) is 5.37. The van der Waals surface area contributed by atoms with Gasteiger partial charge in [0.25, 0.3) is 5.56 Å². The van der Waals surface area contributed by atoms with E-state index in [4.69, 9.17) is 0 Å². The lowest BCUT2D eigenvalue weighted by molar-refractivity contribution is -0.131. The Morgan fingerprint density at radius 2 is 2.43 bits per heavy atom. The number of aromatic amines is 1. The van der Waals surface area contributed by atoms with Gasteiger partial charge in [-0.15, -0.1) is 11.3 Å². The van der Waals surface area contributed by atoms with Crippen LogP contribution in [0.2, 0.25) is 0 Å². The van der Waals surface area contributed by atoms with Crippen LogP contribution in [-0.2, 0) is 11.3 Å². The minimum absolute atomic E-state index is 0.0830. The van der Waals surface area contributed by atoms with Crippen LogP contribution < -0.4 is 5.56 Å². The maximum absolute atomic E-state index is 12.2. The number of hydrogen-bond donors (Lipinski definition) is 1. The van der Waals surface area contributed by atoms with E-state index in [1.54, 1.807) is 11.9 Å². The van der Waals surface area contributed by atoms with E-state index in [0.717, 1.165) is 12.8 Å². The van der Waals surface area contributed by atoms with Crippen molar-refractivity contribution >= 4 is 27.5 Å². The number of carbonyl (C=O) groups excluding carboxylic acids is 1. The van der Waals surface area contributed by atoms with Crippen molar-refractivity contribution in [3.63, 3.8) is 0 Å². The summed E-state index contributed by atoms with van der Waals surface area (Å²) in [7, 11) is 1.75. The maximum Gasteiger partial charge on any atom is 0.268 e. The summed E-state index contributed by atoms with van der Waals surface area (Å²) in [5.41, 5.74) is 0.558. The molecule has 0 bridgehead atoms. The van der Waals surface area contributed by atoms with E-state index < -0.39 is 0 Å². The number of carbonyl (C=O) groups is 1. The largest absolute Gasteiger partial charge is 0.338 e. The molecule has 0 saturated carbocycles. The Morgan fingerprint density at radius 3 is 3.19 bits per heavy atom. The zero-order valence-corrected chi connectivity index (χ0v) is 12.7. The summed E-state index contributed by atoms with van der Waals surface area (Å²) in [4.78, 5) is 32.8. The Morgan fingerprint density at radius 1 is 1.57 bits per heavy atom. The van der Waals surface area contributed by atoms with Crippen molar-refractivity contribution in [2.45, 2.75) is 25.8 Å². The van der Waals surface area contributed by atoms with Gasteiger partial charge in [0.15, 0.2) is 0 Å². The number of H-pyrrole nitrogens is 1. The van der Waals surface area contributed by atoms with Gasteiger partial charge >= 0.3 is 0 Å². The molecule has 1 atom stereocenters. The molecule has 0 saturated heterocycles. The van der Waals surface area contributed by atoms with Crippen molar-refractivity contribution in [3.05, 3.63) is 39.8 Å². The summed E-state index contributed by atoms with van der Waals surface area (Å²) in [6.07, 6.45) is 6.88. The molecule has 0 radical (unpaired) electrons. The number of allylic oxidation sites excluding steroid dienone is 2. The third-order valence-corrected chi connectivity index (χ3v) is 4.63. The first-order chi connectivity index (χ1) is 10.1. The fourth-order valence-electron chi connectivity index (χ4n) is 2.55. The fraction of sp³-hybridized carbons (Fsp3) is 0.400. The highest BCUT2D eigenvalue weighted by atomic mass is 32.1. The molecule has 1 N–H and O–H groups in total. The van der Waals surface area contributed by atoms with Crippen molar-refractivity contribution in [2.24, 2.45) is 5.92 Å². The van der Waals surface area contributed by atoms with Crippen molar-refractivity contribution in [1.29, 1.82) is 0 Å². The summed E-state index contributed by atoms with van der Waals surface area (Å²) in [5.74, 6) is 0.967. The average Bonchev–Trinajstić information content (AvgIpc) is 3.09. The van der Waals surface area contributed by atoms with Gasteiger partial charge in [-0.05, 0) is 30.2 Å². The number of amides is 1. The second-order valence-corrected chi connectivity index (χ2v) is 6.28. The van der Waals surface area contributed by atoms with Gasteiger partial charge in [0, 0.05) is 13.5 Å². The van der Waals surface area contributed by atoms with Crippen LogP contribution >= 0.6 is 11.3 Å². The standard InChI is InChI=1S/C15H17N3O2S/c1-18(13(19)8-10-4-2-3-5-10)9-12-16-11-6-7-21-14(11)15(20)17-12/h2,4,6-7,10H,3,5,8-9H2,1H3,(H,16,17,20)/t10-/m0/s1. The van der Waals surface area contributed by atoms with E-state index >= 15 is 0 Å². The van der Waals surface area contributed by atoms with E-state index in [9.17, 15) is 9.59 Å². The molecule has 2 aromatic heterocycles. The molecule has 1 aliphatic carbocycles. The van der Waals surface area contributed by atoms with Crippen LogP contribution in [0.25, 0.3) is 10.2 Å². The first-order valence-corrected chi connectivity index (χ1v) is 7.88. The molecular formula is C15H17N3O2S. The van der Waals surface area contributed by atoms with Gasteiger partial charge in [0.05, 0.1) is 12.1 Å². The smallest absolute Gasteiger partial charge is 0.268 e. The molecule has 6 heteroatoms. The number of hydrogen-bond acceptors (Lipinski definition) is 4. The van der Waals surface area contributed by atoms with E-state index in [2.05, 4.69) is 22.1 Å². The molecule has 1 aliphatic rings. The second kappa shape index (κ2) is 5.81. The number of nitrogens with zero attached hydrogens (tertiary/aromatic N) is 2. The van der Waals surface area contributed by atoms with Crippen molar-refractivity contribution in [3.8, 4) is 0 Å². The van der Waals surface area contributed by atoms with Gasteiger partial charge < -0.3 is 9.88 Å². The summed E-state index contributed by atoms with van der Waals surface area (Å²) >= 11 is 1.37. The van der Waals surface area contributed by atoms with Gasteiger partial charge in [-0.25, -0.2) is 4.98 Å². The zero-order chi connectivity index (χ0) is 14.8. The molecule has 3 rings (SSSR count). The lowest BCUT2D eigenvalue weighted by atomic mass is 10.0. The van der Waals surface area contributed by atoms with E-state index in [0.29, 0.717) is 34.9 Å². The minimum atomic E-state index is -0.135. The normalized spacial score (nSPS) is 17.5. The molecule has 1 amide bonds. The molecule has 2 heterocycles. The maximum atomic E-state index is 12.2. The molecule has 0 unspecified atom stereocenters. The Kier molecular flexibility index (Phi) is 3.88. The Bertz CT molecular complexity index is 747. The number of nitrogens with one attached hydrogen (secondary N) is 1. The molecule has 0 fully saturated rings. The quantitative estimate of drug-likeness (QED) is 0.881. The van der Waals surface area contributed by atoms with Gasteiger partial charge in [-0.2, -0.15) is 0 Å². The van der Waals surface area contributed by atoms with Gasteiger partial charge in [0.1, 0.15) is 10.5 Å². The lowest BCUT2D eigenvalue weighted by Gasteiger charge is -2.18. The third kappa shape index (κ3) is 3.05. The fourth-order valence-corrected chi connectivity index (χ4v) is 3.28. The summed E-state index contributed by atoms with van der Waals surface area (Å²) in [6, 6.07) is 1.82. The van der Waals surface area contributed by atoms with E-state index in [1.165, 1.54) is 11.3 Å². The van der Waals surface area contributed by atoms with Crippen LogP contribution in [0.5, 0.6) is 0 Å². The molecular weight excluding hydrogens is 286 g/mol. The first-order valence-electron chi connectivity index (χ1n) is 7.00. The molecule has 110 valence electrons. The predicted molar refractivity (Wildman–Crippen MR) is 83.2 cm³/mol. The van der Waals surface area contributed by atoms with Crippen molar-refractivity contribution < 1.29 is 4.79 Å². The monoisotopic (exact) mass is 303 g/mol. The summed E-state index contributed by atoms with van der Waals surface area (Å²) in [6.45, 7) is 0.330. The first kappa shape index (κ1) is 14.0. The highest BCUT2D eigenvalue weighted by molar-refractivity contribution is 7.17. The predicted octanol–water partition coefficient (Wildman–Crippen LogP) is 2.30. The number of thiophene rings is 1. The zero-order valence-electron chi connectivity index (χ0n) is 11.8. The van der Waals surface area contributed by atoms with Crippen LogP contribution in [0, 0.1) is 5.92 Å². The Labute approximate surface area is 126 Å². The van der Waals surface area contributed by atoms with Crippen LogP contribution in [0.4, 0.5) is 0 Å². The van der Waals surface area contributed by atoms with E-state index in [-0.39, 0.29) is 11.5 Å². The van der Waals surface area contributed by atoms with Gasteiger partial charge in [0.2, 0.25) is 5.91 Å². The molecule has 5 nitrogen and oxygen atoms in total.